The van der Waals surface area contributed by atoms with Crippen molar-refractivity contribution in [2.75, 3.05) is 10.6 Å². The summed E-state index contributed by atoms with van der Waals surface area (Å²) in [5, 5.41) is 25.3. The van der Waals surface area contributed by atoms with Crippen molar-refractivity contribution in [2.24, 2.45) is 0 Å². The number of nitro benzene ring substituents is 1. The number of hydrogen-bond acceptors (Lipinski definition) is 7. The molecule has 0 fully saturated rings. The van der Waals surface area contributed by atoms with Gasteiger partial charge in [-0.25, -0.2) is 9.02 Å². The molecule has 0 aliphatic rings. The Hall–Kier alpha value is -4.01. The second kappa shape index (κ2) is 7.31. The molecule has 140 valence electrons. The maximum atomic E-state index is 13.1. The van der Waals surface area contributed by atoms with Gasteiger partial charge in [0.05, 0.1) is 10.6 Å². The zero-order valence-electron chi connectivity index (χ0n) is 14.4. The molecule has 0 amide bonds. The van der Waals surface area contributed by atoms with Crippen LogP contribution in [-0.2, 0) is 6.54 Å². The maximum absolute atomic E-state index is 13.1. The predicted octanol–water partition coefficient (Wildman–Crippen LogP) is 4.63. The zero-order valence-corrected chi connectivity index (χ0v) is 14.4. The Morgan fingerprint density at radius 1 is 1.00 bits per heavy atom. The Balaban J connectivity index is 1.75. The molecule has 0 aliphatic carbocycles. The lowest BCUT2D eigenvalue weighted by Gasteiger charge is -2.11. The van der Waals surface area contributed by atoms with Gasteiger partial charge in [-0.05, 0) is 46.2 Å². The van der Waals surface area contributed by atoms with Crippen molar-refractivity contribution in [2.45, 2.75) is 6.54 Å². The minimum Gasteiger partial charge on any atom is -0.375 e. The number of aromatic nitrogens is 2. The van der Waals surface area contributed by atoms with Gasteiger partial charge in [0.25, 0.3) is 0 Å². The Morgan fingerprint density at radius 3 is 2.43 bits per heavy atom. The van der Waals surface area contributed by atoms with Crippen LogP contribution in [0, 0.1) is 15.9 Å². The highest BCUT2D eigenvalue weighted by Gasteiger charge is 2.25. The summed E-state index contributed by atoms with van der Waals surface area (Å²) in [6, 6.07) is 16.8. The number of nitrogens with one attached hydrogen (secondary N) is 2. The Bertz CT molecular complexity index is 1130. The molecule has 0 atom stereocenters. The van der Waals surface area contributed by atoms with Crippen molar-refractivity contribution in [1.82, 2.24) is 10.3 Å². The minimum atomic E-state index is -0.526. The average Bonchev–Trinajstić information content (AvgIpc) is 3.18. The molecule has 1 heterocycles. The van der Waals surface area contributed by atoms with Crippen LogP contribution in [-0.4, -0.2) is 15.2 Å². The summed E-state index contributed by atoms with van der Waals surface area (Å²) in [6.07, 6.45) is 0. The third-order valence-electron chi connectivity index (χ3n) is 4.14. The third-order valence-corrected chi connectivity index (χ3v) is 4.14. The summed E-state index contributed by atoms with van der Waals surface area (Å²) in [4.78, 5) is 11.1. The van der Waals surface area contributed by atoms with Crippen molar-refractivity contribution < 1.29 is 13.9 Å². The van der Waals surface area contributed by atoms with E-state index in [1.165, 1.54) is 12.1 Å². The van der Waals surface area contributed by atoms with Gasteiger partial charge in [-0.3, -0.25) is 10.1 Å². The molecule has 1 aromatic heterocycles. The highest BCUT2D eigenvalue weighted by molar-refractivity contribution is 6.00. The molecule has 0 spiro atoms. The molecular weight excluding hydrogens is 365 g/mol. The summed E-state index contributed by atoms with van der Waals surface area (Å²) in [6.45, 7) is 0.383. The molecule has 2 N–H and O–H groups in total. The van der Waals surface area contributed by atoms with Crippen LogP contribution in [0.15, 0.2) is 65.3 Å². The molecule has 28 heavy (non-hydrogen) atoms. The maximum Gasteiger partial charge on any atom is 0.323 e. The lowest BCUT2D eigenvalue weighted by atomic mass is 10.1. The van der Waals surface area contributed by atoms with E-state index in [0.29, 0.717) is 17.9 Å². The summed E-state index contributed by atoms with van der Waals surface area (Å²) < 4.78 is 17.9. The summed E-state index contributed by atoms with van der Waals surface area (Å²) in [5.41, 5.74) is 2.27. The molecule has 0 unspecified atom stereocenters. The fraction of sp³-hybridized carbons (Fsp3) is 0.0526. The van der Waals surface area contributed by atoms with Gasteiger partial charge in [-0.15, -0.1) is 0 Å². The van der Waals surface area contributed by atoms with E-state index in [4.69, 9.17) is 4.63 Å². The highest BCUT2D eigenvalue weighted by Crippen LogP contribution is 2.38. The van der Waals surface area contributed by atoms with E-state index in [1.54, 1.807) is 18.2 Å². The van der Waals surface area contributed by atoms with Crippen LogP contribution in [0.2, 0.25) is 0 Å². The zero-order chi connectivity index (χ0) is 19.5. The first-order valence-electron chi connectivity index (χ1n) is 8.36. The standard InChI is InChI=1S/C19H14FN5O3/c20-13-6-8-14(9-7-13)22-15-10-16(21-11-12-4-2-1-3-5-12)19(25(26)27)18-17(15)23-28-24-18/h1-10,21-22H,11H2. The fourth-order valence-electron chi connectivity index (χ4n) is 2.83. The summed E-state index contributed by atoms with van der Waals surface area (Å²) in [7, 11) is 0. The molecule has 4 rings (SSSR count). The monoisotopic (exact) mass is 379 g/mol. The molecule has 8 nitrogen and oxygen atoms in total. The van der Waals surface area contributed by atoms with Gasteiger partial charge < -0.3 is 10.6 Å². The lowest BCUT2D eigenvalue weighted by Crippen LogP contribution is -2.04. The Kier molecular flexibility index (Phi) is 4.55. The highest BCUT2D eigenvalue weighted by atomic mass is 19.1. The molecule has 4 aromatic rings. The van der Waals surface area contributed by atoms with E-state index >= 15 is 0 Å². The van der Waals surface area contributed by atoms with Gasteiger partial charge in [0.1, 0.15) is 11.5 Å². The van der Waals surface area contributed by atoms with Gasteiger partial charge in [0, 0.05) is 12.2 Å². The molecule has 9 heteroatoms. The van der Waals surface area contributed by atoms with Crippen LogP contribution in [0.1, 0.15) is 5.56 Å². The number of rotatable bonds is 6. The number of hydrogen-bond donors (Lipinski definition) is 2. The van der Waals surface area contributed by atoms with E-state index in [0.717, 1.165) is 5.56 Å². The first-order valence-corrected chi connectivity index (χ1v) is 8.36. The number of anilines is 3. The number of fused-ring (bicyclic) bond motifs is 1. The number of nitrogens with zero attached hydrogens (tertiary/aromatic N) is 3. The summed E-state index contributed by atoms with van der Waals surface area (Å²) in [5.74, 6) is -0.368. The number of halogens is 1. The smallest absolute Gasteiger partial charge is 0.323 e. The van der Waals surface area contributed by atoms with Crippen LogP contribution < -0.4 is 10.6 Å². The van der Waals surface area contributed by atoms with Crippen LogP contribution in [0.25, 0.3) is 11.0 Å². The normalized spacial score (nSPS) is 10.8. The van der Waals surface area contributed by atoms with Crippen molar-refractivity contribution in [1.29, 1.82) is 0 Å². The second-order valence-corrected chi connectivity index (χ2v) is 6.01. The average molecular weight is 379 g/mol. The topological polar surface area (TPSA) is 106 Å². The fourth-order valence-corrected chi connectivity index (χ4v) is 2.83. The molecular formula is C19H14FN5O3. The van der Waals surface area contributed by atoms with Crippen molar-refractivity contribution in [3.8, 4) is 0 Å². The van der Waals surface area contributed by atoms with Crippen LogP contribution >= 0.6 is 0 Å². The molecule has 0 saturated heterocycles. The SMILES string of the molecule is O=[N+]([O-])c1c(NCc2ccccc2)cc(Nc2ccc(F)cc2)c2nonc12. The molecule has 0 radical (unpaired) electrons. The van der Waals surface area contributed by atoms with E-state index in [2.05, 4.69) is 20.9 Å². The van der Waals surface area contributed by atoms with E-state index in [9.17, 15) is 14.5 Å². The van der Waals surface area contributed by atoms with Crippen molar-refractivity contribution >= 4 is 33.8 Å². The summed E-state index contributed by atoms with van der Waals surface area (Å²) >= 11 is 0. The Morgan fingerprint density at radius 2 is 1.71 bits per heavy atom. The van der Waals surface area contributed by atoms with Crippen LogP contribution in [0.5, 0.6) is 0 Å². The lowest BCUT2D eigenvalue weighted by molar-refractivity contribution is -0.382. The van der Waals surface area contributed by atoms with Crippen LogP contribution in [0.3, 0.4) is 0 Å². The molecule has 0 bridgehead atoms. The quantitative estimate of drug-likeness (QED) is 0.372. The molecule has 0 saturated carbocycles. The molecule has 3 aromatic carbocycles. The van der Waals surface area contributed by atoms with Gasteiger partial charge in [0.2, 0.25) is 5.52 Å². The minimum absolute atomic E-state index is 0.0210. The van der Waals surface area contributed by atoms with Gasteiger partial charge >= 0.3 is 5.69 Å². The van der Waals surface area contributed by atoms with E-state index < -0.39 is 4.92 Å². The largest absolute Gasteiger partial charge is 0.375 e. The first-order chi connectivity index (χ1) is 13.6. The van der Waals surface area contributed by atoms with Gasteiger partial charge in [-0.2, -0.15) is 0 Å². The number of benzene rings is 3. The number of nitro groups is 1. The predicted molar refractivity (Wildman–Crippen MR) is 102 cm³/mol. The van der Waals surface area contributed by atoms with E-state index in [1.807, 2.05) is 30.3 Å². The van der Waals surface area contributed by atoms with Gasteiger partial charge in [0.15, 0.2) is 5.52 Å². The van der Waals surface area contributed by atoms with Crippen molar-refractivity contribution in [3.05, 3.63) is 82.2 Å². The van der Waals surface area contributed by atoms with Crippen LogP contribution in [0.4, 0.5) is 27.1 Å². The molecule has 0 aliphatic heterocycles. The Labute approximate surface area is 158 Å². The third kappa shape index (κ3) is 3.45. The van der Waals surface area contributed by atoms with E-state index in [-0.39, 0.29) is 28.2 Å². The second-order valence-electron chi connectivity index (χ2n) is 6.01. The van der Waals surface area contributed by atoms with Crippen molar-refractivity contribution in [3.63, 3.8) is 0 Å². The van der Waals surface area contributed by atoms with Gasteiger partial charge in [-0.1, -0.05) is 30.3 Å². The first kappa shape index (κ1) is 17.4.